The topological polar surface area (TPSA) is 109 Å². The van der Waals surface area contributed by atoms with Crippen LogP contribution in [0.25, 0.3) is 0 Å². The van der Waals surface area contributed by atoms with E-state index in [4.69, 9.17) is 8.85 Å². The van der Waals surface area contributed by atoms with Crippen molar-refractivity contribution in [2.24, 2.45) is 16.7 Å². The third-order valence-corrected chi connectivity index (χ3v) is 20.5. The second-order valence-electron chi connectivity index (χ2n) is 16.4. The van der Waals surface area contributed by atoms with E-state index < -0.39 is 51.1 Å². The van der Waals surface area contributed by atoms with Gasteiger partial charge in [0.1, 0.15) is 12.0 Å². The number of carbonyl (C=O) groups excluding carboxylic acids is 1. The quantitative estimate of drug-likeness (QED) is 0.221. The van der Waals surface area contributed by atoms with E-state index in [0.717, 1.165) is 0 Å². The molecule has 2 N–H and O–H groups in total. The summed E-state index contributed by atoms with van der Waals surface area (Å²) in [5.41, 5.74) is -1.90. The highest BCUT2D eigenvalue weighted by atomic mass is 28.4. The maximum atomic E-state index is 14.8. The van der Waals surface area contributed by atoms with Gasteiger partial charge in [-0.05, 0) is 54.3 Å². The van der Waals surface area contributed by atoms with Gasteiger partial charge in [-0.3, -0.25) is 9.59 Å². The van der Waals surface area contributed by atoms with Gasteiger partial charge in [0.15, 0.2) is 22.4 Å². The number of Topliss-reactive ketones (excluding diaryl/α,β-unsaturated/α-hetero) is 1. The summed E-state index contributed by atoms with van der Waals surface area (Å²) < 4.78 is 14.6. The molecule has 2 bridgehead atoms. The average Bonchev–Trinajstić information content (AvgIpc) is 2.90. The summed E-state index contributed by atoms with van der Waals surface area (Å²) in [4.78, 5) is 26.4. The Labute approximate surface area is 261 Å². The molecule has 0 amide bonds. The Morgan fingerprint density at radius 3 is 2.09 bits per heavy atom. The average molecular weight is 627 g/mol. The molecule has 1 aromatic carbocycles. The summed E-state index contributed by atoms with van der Waals surface area (Å²) in [6, 6.07) is 8.17. The van der Waals surface area contributed by atoms with Gasteiger partial charge in [0.05, 0.1) is 18.3 Å². The summed E-state index contributed by atoms with van der Waals surface area (Å²) >= 11 is 0. The fraction of sp³-hybridized carbons (Fsp3) is 0.676. The third kappa shape index (κ3) is 5.47. The first kappa shape index (κ1) is 35.2. The van der Waals surface area contributed by atoms with E-state index >= 15 is 0 Å². The molecule has 2 aliphatic carbocycles. The van der Waals surface area contributed by atoms with Crippen LogP contribution in [0, 0.1) is 28.1 Å². The Balaban J connectivity index is 2.52. The van der Waals surface area contributed by atoms with Crippen LogP contribution in [-0.4, -0.2) is 52.2 Å². The molecule has 0 aromatic heterocycles. The molecule has 0 unspecified atom stereocenters. The smallest absolute Gasteiger partial charge is 0.322 e. The Morgan fingerprint density at radius 1 is 1.09 bits per heavy atom. The first-order chi connectivity index (χ1) is 19.4. The minimum Gasteiger partial charge on any atom is -0.480 e. The van der Waals surface area contributed by atoms with Gasteiger partial charge in [-0.2, -0.15) is 5.26 Å². The number of rotatable bonds is 8. The molecule has 7 nitrogen and oxygen atoms in total. The molecular weight excluding hydrogens is 573 g/mol. The molecule has 2 aliphatic rings. The molecule has 0 saturated heterocycles. The van der Waals surface area contributed by atoms with E-state index in [1.807, 2.05) is 32.9 Å². The van der Waals surface area contributed by atoms with Crippen molar-refractivity contribution < 1.29 is 23.5 Å². The van der Waals surface area contributed by atoms with Crippen LogP contribution in [0.3, 0.4) is 0 Å². The Morgan fingerprint density at radius 2 is 1.63 bits per heavy atom. The number of ketones is 1. The van der Waals surface area contributed by atoms with Crippen molar-refractivity contribution in [1.82, 2.24) is 0 Å². The minimum absolute atomic E-state index is 0.0777. The van der Waals surface area contributed by atoms with E-state index in [2.05, 4.69) is 85.7 Å². The number of nitriles is 1. The number of benzene rings is 1. The van der Waals surface area contributed by atoms with E-state index in [9.17, 15) is 20.0 Å². The van der Waals surface area contributed by atoms with Crippen LogP contribution in [-0.2, 0) is 19.1 Å². The van der Waals surface area contributed by atoms with Crippen molar-refractivity contribution in [3.8, 4) is 6.07 Å². The third-order valence-electron chi connectivity index (χ3n) is 11.5. The minimum atomic E-state index is -2.49. The maximum Gasteiger partial charge on any atom is 0.322 e. The highest BCUT2D eigenvalue weighted by Gasteiger charge is 2.70. The monoisotopic (exact) mass is 626 g/mol. The summed E-state index contributed by atoms with van der Waals surface area (Å²) in [6.45, 7) is 31.9. The summed E-state index contributed by atoms with van der Waals surface area (Å²) in [5.74, 6) is -1.51. The number of carboxylic acid groups (broad SMARTS) is 1. The molecule has 9 heteroatoms. The Hall–Kier alpha value is -2.26. The number of fused-ring (bicyclic) bond motifs is 4. The van der Waals surface area contributed by atoms with Gasteiger partial charge in [-0.25, -0.2) is 0 Å². The SMILES string of the molecule is C=C[C@]1(C)[C@@H](O[Si](C)(C)C(C)(C)C)C[C@H]2[C@@H](O[Si](C)(C)C(C)(C)C)[C@]1(C#N)c1cccc(NCC(=O)O)c1C(=O)C2(C)C. The van der Waals surface area contributed by atoms with Crippen molar-refractivity contribution >= 4 is 34.1 Å². The lowest BCUT2D eigenvalue weighted by Crippen LogP contribution is -2.68. The lowest BCUT2D eigenvalue weighted by molar-refractivity contribution is -0.134. The zero-order valence-corrected chi connectivity index (χ0v) is 30.7. The second-order valence-corrected chi connectivity index (χ2v) is 26.0. The molecule has 238 valence electrons. The maximum absolute atomic E-state index is 14.8. The molecule has 0 aliphatic heterocycles. The second kappa shape index (κ2) is 11.0. The number of carboxylic acids is 1. The lowest BCUT2D eigenvalue weighted by Gasteiger charge is -2.61. The highest BCUT2D eigenvalue weighted by molar-refractivity contribution is 6.74. The Kier molecular flexibility index (Phi) is 8.99. The number of anilines is 1. The molecule has 1 saturated carbocycles. The largest absolute Gasteiger partial charge is 0.480 e. The van der Waals surface area contributed by atoms with E-state index in [-0.39, 0.29) is 28.3 Å². The molecule has 0 heterocycles. The molecule has 0 radical (unpaired) electrons. The summed E-state index contributed by atoms with van der Waals surface area (Å²) in [6.07, 6.45) is 1.36. The fourth-order valence-corrected chi connectivity index (χ4v) is 9.15. The normalized spacial score (nSPS) is 29.2. The first-order valence-corrected chi connectivity index (χ1v) is 21.2. The zero-order chi connectivity index (χ0) is 33.2. The molecule has 3 rings (SSSR count). The van der Waals surface area contributed by atoms with Crippen LogP contribution in [0.15, 0.2) is 30.9 Å². The van der Waals surface area contributed by atoms with Crippen LogP contribution < -0.4 is 5.32 Å². The van der Waals surface area contributed by atoms with Gasteiger partial charge < -0.3 is 19.3 Å². The van der Waals surface area contributed by atoms with Gasteiger partial charge in [0.25, 0.3) is 0 Å². The van der Waals surface area contributed by atoms with Crippen LogP contribution >= 0.6 is 0 Å². The summed E-state index contributed by atoms with van der Waals surface area (Å²) in [7, 11) is -4.84. The molecule has 1 aromatic rings. The first-order valence-electron chi connectivity index (χ1n) is 15.4. The highest BCUT2D eigenvalue weighted by Crippen LogP contribution is 2.64. The lowest BCUT2D eigenvalue weighted by atomic mass is 9.48. The number of nitrogens with zero attached hydrogens (tertiary/aromatic N) is 1. The van der Waals surface area contributed by atoms with Gasteiger partial charge >= 0.3 is 5.97 Å². The van der Waals surface area contributed by atoms with Gasteiger partial charge in [0, 0.05) is 28.0 Å². The summed E-state index contributed by atoms with van der Waals surface area (Å²) in [5, 5.41) is 23.9. The molecule has 43 heavy (non-hydrogen) atoms. The van der Waals surface area contributed by atoms with Gasteiger partial charge in [-0.1, -0.05) is 80.5 Å². The fourth-order valence-electron chi connectivity index (χ4n) is 6.42. The van der Waals surface area contributed by atoms with Crippen LogP contribution in [0.4, 0.5) is 5.69 Å². The van der Waals surface area contributed by atoms with Crippen molar-refractivity contribution in [2.45, 2.75) is 123 Å². The Bertz CT molecular complexity index is 1330. The number of carbonyl (C=O) groups is 2. The van der Waals surface area contributed by atoms with Crippen molar-refractivity contribution in [1.29, 1.82) is 5.26 Å². The zero-order valence-electron chi connectivity index (χ0n) is 28.7. The number of nitrogens with one attached hydrogen (secondary N) is 1. The van der Waals surface area contributed by atoms with Crippen LogP contribution in [0.1, 0.15) is 84.7 Å². The number of hydrogen-bond acceptors (Lipinski definition) is 6. The van der Waals surface area contributed by atoms with Crippen molar-refractivity contribution in [2.75, 3.05) is 11.9 Å². The van der Waals surface area contributed by atoms with Gasteiger partial charge in [-0.15, -0.1) is 6.58 Å². The van der Waals surface area contributed by atoms with Crippen molar-refractivity contribution in [3.05, 3.63) is 42.0 Å². The van der Waals surface area contributed by atoms with E-state index in [1.165, 1.54) is 0 Å². The van der Waals surface area contributed by atoms with Crippen LogP contribution in [0.5, 0.6) is 0 Å². The standard InChI is InChI=1S/C34H54N2O5Si2/c1-15-33(10)25(40-42(11,12)30(2,3)4)19-23-29(41-43(13,14)31(5,6)7)34(33,21-35)22-17-16-18-24(36-20-26(37)38)27(22)28(39)32(23,8)9/h15-18,23,25,29,36H,1,19-20H2,2-14H3,(H,37,38)/t23-,25-,29+,33+,34-/m0/s1. The number of hydrogen-bond donors (Lipinski definition) is 2. The number of aliphatic carboxylic acids is 1. The van der Waals surface area contributed by atoms with Crippen molar-refractivity contribution in [3.63, 3.8) is 0 Å². The predicted molar refractivity (Wildman–Crippen MR) is 179 cm³/mol. The predicted octanol–water partition coefficient (Wildman–Crippen LogP) is 8.16. The van der Waals surface area contributed by atoms with E-state index in [0.29, 0.717) is 23.2 Å². The molecular formula is C34H54N2O5Si2. The molecule has 0 spiro atoms. The molecule has 1 fully saturated rings. The van der Waals surface area contributed by atoms with Crippen LogP contribution in [0.2, 0.25) is 36.3 Å². The van der Waals surface area contributed by atoms with Gasteiger partial charge in [0.2, 0.25) is 0 Å². The van der Waals surface area contributed by atoms with E-state index in [1.54, 1.807) is 12.1 Å². The molecule has 5 atom stereocenters.